The number of benzene rings is 1. The predicted molar refractivity (Wildman–Crippen MR) is 110 cm³/mol. The van der Waals surface area contributed by atoms with E-state index in [9.17, 15) is 14.9 Å². The van der Waals surface area contributed by atoms with E-state index in [0.717, 1.165) is 51.9 Å². The average Bonchev–Trinajstić information content (AvgIpc) is 3.28. The number of piperidine rings is 1. The van der Waals surface area contributed by atoms with Crippen molar-refractivity contribution >= 4 is 17.3 Å². The van der Waals surface area contributed by atoms with Gasteiger partial charge in [-0.2, -0.15) is 0 Å². The summed E-state index contributed by atoms with van der Waals surface area (Å²) in [6.45, 7) is 3.18. The van der Waals surface area contributed by atoms with Crippen LogP contribution in [-0.2, 0) is 0 Å². The van der Waals surface area contributed by atoms with E-state index < -0.39 is 0 Å². The topological polar surface area (TPSA) is 66.7 Å². The molecule has 1 unspecified atom stereocenters. The van der Waals surface area contributed by atoms with Crippen LogP contribution in [0, 0.1) is 22.0 Å². The average molecular weight is 383 g/mol. The third-order valence-electron chi connectivity index (χ3n) is 6.59. The standard InChI is InChI=1S/C22H29N3O3/c26-22(24-12-4-5-13-24)19-8-9-20(21(16-19)25(27)28)23-14-10-18(11-15-23)17-6-2-1-3-7-17/h2,6,8-9,16-18H,1,3-5,7,10-15H2. The Morgan fingerprint density at radius 2 is 1.79 bits per heavy atom. The summed E-state index contributed by atoms with van der Waals surface area (Å²) < 4.78 is 0. The molecule has 2 heterocycles. The van der Waals surface area contributed by atoms with E-state index in [1.807, 2.05) is 0 Å². The van der Waals surface area contributed by atoms with E-state index in [2.05, 4.69) is 17.1 Å². The van der Waals surface area contributed by atoms with Gasteiger partial charge in [-0.15, -0.1) is 0 Å². The summed E-state index contributed by atoms with van der Waals surface area (Å²) >= 11 is 0. The van der Waals surface area contributed by atoms with Crippen molar-refractivity contribution in [2.45, 2.75) is 44.9 Å². The summed E-state index contributed by atoms with van der Waals surface area (Å²) in [7, 11) is 0. The van der Waals surface area contributed by atoms with E-state index >= 15 is 0 Å². The summed E-state index contributed by atoms with van der Waals surface area (Å²) in [5, 5.41) is 11.7. The monoisotopic (exact) mass is 383 g/mol. The number of hydrogen-bond acceptors (Lipinski definition) is 4. The van der Waals surface area contributed by atoms with Crippen molar-refractivity contribution < 1.29 is 9.72 Å². The Morgan fingerprint density at radius 1 is 1.04 bits per heavy atom. The van der Waals surface area contributed by atoms with Gasteiger partial charge in [-0.25, -0.2) is 0 Å². The number of carbonyl (C=O) groups excluding carboxylic acids is 1. The quantitative estimate of drug-likeness (QED) is 0.439. The number of nitrogens with zero attached hydrogens (tertiary/aromatic N) is 3. The molecule has 0 radical (unpaired) electrons. The lowest BCUT2D eigenvalue weighted by atomic mass is 9.79. The molecular formula is C22H29N3O3. The third-order valence-corrected chi connectivity index (χ3v) is 6.59. The normalized spacial score (nSPS) is 23.2. The molecule has 150 valence electrons. The highest BCUT2D eigenvalue weighted by Gasteiger charge is 2.30. The third kappa shape index (κ3) is 3.91. The zero-order valence-corrected chi connectivity index (χ0v) is 16.4. The molecular weight excluding hydrogens is 354 g/mol. The van der Waals surface area contributed by atoms with Gasteiger partial charge in [-0.1, -0.05) is 12.2 Å². The summed E-state index contributed by atoms with van der Waals surface area (Å²) in [5.41, 5.74) is 1.14. The van der Waals surface area contributed by atoms with Gasteiger partial charge in [0.25, 0.3) is 11.6 Å². The molecule has 0 spiro atoms. The molecule has 1 aromatic carbocycles. The maximum absolute atomic E-state index is 12.6. The van der Waals surface area contributed by atoms with Crippen LogP contribution in [0.3, 0.4) is 0 Å². The number of allylic oxidation sites excluding steroid dienone is 2. The van der Waals surface area contributed by atoms with E-state index in [1.165, 1.54) is 25.3 Å². The Balaban J connectivity index is 1.48. The van der Waals surface area contributed by atoms with Crippen molar-refractivity contribution in [1.29, 1.82) is 0 Å². The second kappa shape index (κ2) is 8.33. The minimum absolute atomic E-state index is 0.0565. The second-order valence-electron chi connectivity index (χ2n) is 8.31. The Hall–Kier alpha value is -2.37. The zero-order chi connectivity index (χ0) is 19.5. The molecule has 0 aromatic heterocycles. The van der Waals surface area contributed by atoms with Gasteiger partial charge in [0.15, 0.2) is 0 Å². The molecule has 1 aliphatic carbocycles. The van der Waals surface area contributed by atoms with Gasteiger partial charge in [0.05, 0.1) is 4.92 Å². The van der Waals surface area contributed by atoms with Crippen molar-refractivity contribution in [2.24, 2.45) is 11.8 Å². The number of anilines is 1. The van der Waals surface area contributed by atoms with Crippen molar-refractivity contribution in [3.63, 3.8) is 0 Å². The first-order valence-corrected chi connectivity index (χ1v) is 10.6. The zero-order valence-electron chi connectivity index (χ0n) is 16.4. The van der Waals surface area contributed by atoms with Crippen LogP contribution in [0.25, 0.3) is 0 Å². The Morgan fingerprint density at radius 3 is 2.43 bits per heavy atom. The number of rotatable bonds is 4. The molecule has 6 nitrogen and oxygen atoms in total. The Labute approximate surface area is 166 Å². The van der Waals surface area contributed by atoms with Gasteiger partial charge in [0.1, 0.15) is 5.69 Å². The minimum atomic E-state index is -0.341. The highest BCUT2D eigenvalue weighted by molar-refractivity contribution is 5.96. The van der Waals surface area contributed by atoms with Crippen molar-refractivity contribution in [1.82, 2.24) is 4.90 Å². The number of carbonyl (C=O) groups is 1. The molecule has 1 amide bonds. The summed E-state index contributed by atoms with van der Waals surface area (Å²) in [6.07, 6.45) is 12.6. The smallest absolute Gasteiger partial charge is 0.293 e. The molecule has 4 rings (SSSR count). The summed E-state index contributed by atoms with van der Waals surface area (Å²) in [4.78, 5) is 27.9. The fourth-order valence-electron chi connectivity index (χ4n) is 4.97. The molecule has 2 aliphatic heterocycles. The van der Waals surface area contributed by atoms with Gasteiger partial charge in [0.2, 0.25) is 0 Å². The van der Waals surface area contributed by atoms with Crippen molar-refractivity contribution in [3.8, 4) is 0 Å². The SMILES string of the molecule is O=C(c1ccc(N2CCC(C3C=CCCC3)CC2)c([N+](=O)[O-])c1)N1CCCC1. The van der Waals surface area contributed by atoms with Crippen LogP contribution < -0.4 is 4.90 Å². The maximum atomic E-state index is 12.6. The summed E-state index contributed by atoms with van der Waals surface area (Å²) in [5.74, 6) is 1.27. The fraction of sp³-hybridized carbons (Fsp3) is 0.591. The first-order chi connectivity index (χ1) is 13.6. The highest BCUT2D eigenvalue weighted by atomic mass is 16.6. The van der Waals surface area contributed by atoms with E-state index in [0.29, 0.717) is 23.1 Å². The molecule has 2 saturated heterocycles. The lowest BCUT2D eigenvalue weighted by molar-refractivity contribution is -0.384. The van der Waals surface area contributed by atoms with E-state index in [-0.39, 0.29) is 16.5 Å². The number of amides is 1. The van der Waals surface area contributed by atoms with Crippen LogP contribution in [0.2, 0.25) is 0 Å². The molecule has 0 N–H and O–H groups in total. The summed E-state index contributed by atoms with van der Waals surface area (Å²) in [6, 6.07) is 5.02. The molecule has 1 aromatic rings. The van der Waals surface area contributed by atoms with E-state index in [1.54, 1.807) is 17.0 Å². The van der Waals surface area contributed by atoms with E-state index in [4.69, 9.17) is 0 Å². The predicted octanol–water partition coefficient (Wildman–Crippen LogP) is 4.40. The molecule has 0 bridgehead atoms. The number of hydrogen-bond donors (Lipinski definition) is 0. The molecule has 28 heavy (non-hydrogen) atoms. The first-order valence-electron chi connectivity index (χ1n) is 10.6. The second-order valence-corrected chi connectivity index (χ2v) is 8.31. The first kappa shape index (κ1) is 19.0. The van der Waals surface area contributed by atoms with Crippen LogP contribution in [0.4, 0.5) is 11.4 Å². The molecule has 6 heteroatoms. The van der Waals surface area contributed by atoms with Gasteiger partial charge in [-0.05, 0) is 68.9 Å². The fourth-order valence-corrected chi connectivity index (χ4v) is 4.97. The van der Waals surface area contributed by atoms with Crippen LogP contribution in [-0.4, -0.2) is 41.9 Å². The number of nitro groups is 1. The van der Waals surface area contributed by atoms with Crippen LogP contribution in [0.5, 0.6) is 0 Å². The van der Waals surface area contributed by atoms with Gasteiger partial charge >= 0.3 is 0 Å². The van der Waals surface area contributed by atoms with Gasteiger partial charge < -0.3 is 9.80 Å². The Bertz CT molecular complexity index is 762. The molecule has 0 saturated carbocycles. The molecule has 2 fully saturated rings. The van der Waals surface area contributed by atoms with Crippen LogP contribution >= 0.6 is 0 Å². The lowest BCUT2D eigenvalue weighted by Gasteiger charge is -2.37. The molecule has 1 atom stereocenters. The molecule has 3 aliphatic rings. The maximum Gasteiger partial charge on any atom is 0.293 e. The van der Waals surface area contributed by atoms with Crippen LogP contribution in [0.1, 0.15) is 55.3 Å². The van der Waals surface area contributed by atoms with Crippen molar-refractivity contribution in [3.05, 3.63) is 46.0 Å². The Kier molecular flexibility index (Phi) is 5.64. The van der Waals surface area contributed by atoms with Crippen molar-refractivity contribution in [2.75, 3.05) is 31.1 Å². The number of likely N-dealkylation sites (tertiary alicyclic amines) is 1. The highest BCUT2D eigenvalue weighted by Crippen LogP contribution is 2.36. The van der Waals surface area contributed by atoms with Crippen LogP contribution in [0.15, 0.2) is 30.4 Å². The largest absolute Gasteiger partial charge is 0.366 e. The van der Waals surface area contributed by atoms with Gasteiger partial charge in [0, 0.05) is 37.8 Å². The number of nitro benzene ring substituents is 1. The lowest BCUT2D eigenvalue weighted by Crippen LogP contribution is -2.36. The van der Waals surface area contributed by atoms with Gasteiger partial charge in [-0.3, -0.25) is 14.9 Å². The minimum Gasteiger partial charge on any atom is -0.366 e.